The molecule has 0 bridgehead atoms. The number of carboxylic acid groups (broad SMARTS) is 1. The fraction of sp³-hybridized carbons (Fsp3) is 0.500. The van der Waals surface area contributed by atoms with Gasteiger partial charge in [-0.05, 0) is 43.4 Å². The maximum Gasteiger partial charge on any atom is 0.336 e. The zero-order valence-electron chi connectivity index (χ0n) is 11.7. The van der Waals surface area contributed by atoms with Gasteiger partial charge in [0.25, 0.3) is 0 Å². The summed E-state index contributed by atoms with van der Waals surface area (Å²) in [5.74, 6) is -0.756. The number of rotatable bonds is 5. The first-order valence-electron chi connectivity index (χ1n) is 6.84. The van der Waals surface area contributed by atoms with Crippen molar-refractivity contribution in [2.45, 2.75) is 37.5 Å². The third-order valence-electron chi connectivity index (χ3n) is 3.90. The van der Waals surface area contributed by atoms with Gasteiger partial charge in [-0.1, -0.05) is 28.8 Å². The standard InChI is InChI=1S/C14H18BrNO4S/c1-9-12(14(17)18)6-11(7-13(9)15)21(19,20)16-8-10-4-2-3-5-10/h6-7,10,16H,2-5,8H2,1H3,(H,17,18). The molecule has 0 aromatic heterocycles. The number of halogens is 1. The van der Waals surface area contributed by atoms with E-state index in [1.54, 1.807) is 6.92 Å². The molecule has 1 fully saturated rings. The number of nitrogens with one attached hydrogen (secondary N) is 1. The van der Waals surface area contributed by atoms with Crippen molar-refractivity contribution in [1.82, 2.24) is 4.72 Å². The van der Waals surface area contributed by atoms with Gasteiger partial charge in [0.15, 0.2) is 0 Å². The SMILES string of the molecule is Cc1c(Br)cc(S(=O)(=O)NCC2CCCC2)cc1C(=O)O. The molecule has 0 saturated heterocycles. The fourth-order valence-electron chi connectivity index (χ4n) is 2.56. The largest absolute Gasteiger partial charge is 0.478 e. The molecule has 1 aromatic carbocycles. The Morgan fingerprint density at radius 1 is 1.38 bits per heavy atom. The third-order valence-corrected chi connectivity index (χ3v) is 6.12. The molecule has 1 aliphatic rings. The molecule has 2 N–H and O–H groups in total. The molecule has 5 nitrogen and oxygen atoms in total. The second-order valence-corrected chi connectivity index (χ2v) is 8.01. The lowest BCUT2D eigenvalue weighted by molar-refractivity contribution is 0.0695. The summed E-state index contributed by atoms with van der Waals surface area (Å²) in [5, 5.41) is 9.15. The van der Waals surface area contributed by atoms with Crippen molar-refractivity contribution in [2.24, 2.45) is 5.92 Å². The molecule has 21 heavy (non-hydrogen) atoms. The molecule has 2 rings (SSSR count). The average molecular weight is 376 g/mol. The highest BCUT2D eigenvalue weighted by atomic mass is 79.9. The monoisotopic (exact) mass is 375 g/mol. The van der Waals surface area contributed by atoms with Crippen LogP contribution >= 0.6 is 15.9 Å². The van der Waals surface area contributed by atoms with Gasteiger partial charge in [-0.3, -0.25) is 0 Å². The predicted molar refractivity (Wildman–Crippen MR) is 83.0 cm³/mol. The van der Waals surface area contributed by atoms with Crippen molar-refractivity contribution in [3.63, 3.8) is 0 Å². The first-order chi connectivity index (χ1) is 9.81. The van der Waals surface area contributed by atoms with E-state index in [0.717, 1.165) is 25.7 Å². The number of benzene rings is 1. The van der Waals surface area contributed by atoms with Crippen LogP contribution in [0, 0.1) is 12.8 Å². The van der Waals surface area contributed by atoms with E-state index in [0.29, 0.717) is 22.5 Å². The van der Waals surface area contributed by atoms with Crippen LogP contribution < -0.4 is 4.72 Å². The summed E-state index contributed by atoms with van der Waals surface area (Å²) < 4.78 is 27.7. The Morgan fingerprint density at radius 3 is 2.57 bits per heavy atom. The summed E-state index contributed by atoms with van der Waals surface area (Å²) in [4.78, 5) is 11.2. The second kappa shape index (κ2) is 6.46. The predicted octanol–water partition coefficient (Wildman–Crippen LogP) is 2.92. The van der Waals surface area contributed by atoms with Gasteiger partial charge < -0.3 is 5.11 Å². The van der Waals surface area contributed by atoms with Crippen LogP contribution in [0.4, 0.5) is 0 Å². The molecule has 1 saturated carbocycles. The highest BCUT2D eigenvalue weighted by Gasteiger charge is 2.22. The van der Waals surface area contributed by atoms with Crippen molar-refractivity contribution < 1.29 is 18.3 Å². The van der Waals surface area contributed by atoms with Crippen molar-refractivity contribution in [3.05, 3.63) is 27.7 Å². The molecule has 0 radical (unpaired) electrons. The maximum atomic E-state index is 12.3. The number of carbonyl (C=O) groups is 1. The molecular weight excluding hydrogens is 358 g/mol. The van der Waals surface area contributed by atoms with Gasteiger partial charge in [0.1, 0.15) is 0 Å². The zero-order valence-corrected chi connectivity index (χ0v) is 14.1. The molecule has 7 heteroatoms. The number of aromatic carboxylic acids is 1. The first-order valence-corrected chi connectivity index (χ1v) is 9.12. The Hall–Kier alpha value is -0.920. The van der Waals surface area contributed by atoms with Gasteiger partial charge in [0, 0.05) is 11.0 Å². The molecule has 0 aliphatic heterocycles. The Balaban J connectivity index is 2.24. The van der Waals surface area contributed by atoms with Gasteiger partial charge in [-0.15, -0.1) is 0 Å². The fourth-order valence-corrected chi connectivity index (χ4v) is 4.34. The van der Waals surface area contributed by atoms with Gasteiger partial charge in [-0.2, -0.15) is 0 Å². The quantitative estimate of drug-likeness (QED) is 0.828. The van der Waals surface area contributed by atoms with E-state index in [4.69, 9.17) is 5.11 Å². The van der Waals surface area contributed by atoms with Gasteiger partial charge in [0.2, 0.25) is 10.0 Å². The van der Waals surface area contributed by atoms with Crippen molar-refractivity contribution in [1.29, 1.82) is 0 Å². The zero-order chi connectivity index (χ0) is 15.6. The molecule has 0 unspecified atom stereocenters. The van der Waals surface area contributed by atoms with Gasteiger partial charge in [0.05, 0.1) is 10.5 Å². The van der Waals surface area contributed by atoms with E-state index in [1.807, 2.05) is 0 Å². The lowest BCUT2D eigenvalue weighted by Crippen LogP contribution is -2.28. The van der Waals surface area contributed by atoms with Crippen molar-refractivity contribution in [2.75, 3.05) is 6.54 Å². The molecule has 0 atom stereocenters. The molecule has 0 heterocycles. The highest BCUT2D eigenvalue weighted by Crippen LogP contribution is 2.26. The van der Waals surface area contributed by atoms with E-state index >= 15 is 0 Å². The van der Waals surface area contributed by atoms with Crippen LogP contribution in [0.15, 0.2) is 21.5 Å². The van der Waals surface area contributed by atoms with Crippen LogP contribution in [0.2, 0.25) is 0 Å². The van der Waals surface area contributed by atoms with E-state index < -0.39 is 16.0 Å². The summed E-state index contributed by atoms with van der Waals surface area (Å²) in [6, 6.07) is 2.65. The lowest BCUT2D eigenvalue weighted by atomic mass is 10.1. The Labute approximate surface area is 132 Å². The van der Waals surface area contributed by atoms with Gasteiger partial charge >= 0.3 is 5.97 Å². The van der Waals surface area contributed by atoms with Crippen LogP contribution in [0.5, 0.6) is 0 Å². The molecule has 0 spiro atoms. The minimum absolute atomic E-state index is 0.00869. The molecule has 1 aromatic rings. The van der Waals surface area contributed by atoms with Crippen molar-refractivity contribution in [3.8, 4) is 0 Å². The van der Waals surface area contributed by atoms with Gasteiger partial charge in [-0.25, -0.2) is 17.9 Å². The van der Waals surface area contributed by atoms with E-state index in [1.165, 1.54) is 12.1 Å². The smallest absolute Gasteiger partial charge is 0.336 e. The summed E-state index contributed by atoms with van der Waals surface area (Å²) in [7, 11) is -3.69. The van der Waals surface area contributed by atoms with Crippen LogP contribution in [0.1, 0.15) is 41.6 Å². The first kappa shape index (κ1) is 16.5. The number of carboxylic acids is 1. The maximum absolute atomic E-state index is 12.3. The number of sulfonamides is 1. The van der Waals surface area contributed by atoms with Crippen molar-refractivity contribution >= 4 is 31.9 Å². The third kappa shape index (κ3) is 3.84. The second-order valence-electron chi connectivity index (χ2n) is 5.39. The average Bonchev–Trinajstić information content (AvgIpc) is 2.92. The summed E-state index contributed by atoms with van der Waals surface area (Å²) in [6.07, 6.45) is 4.37. The molecule has 0 amide bonds. The minimum atomic E-state index is -3.69. The number of hydrogen-bond acceptors (Lipinski definition) is 3. The highest BCUT2D eigenvalue weighted by molar-refractivity contribution is 9.10. The normalized spacial score (nSPS) is 16.3. The molecule has 1 aliphatic carbocycles. The number of hydrogen-bond donors (Lipinski definition) is 2. The van der Waals surface area contributed by atoms with Crippen LogP contribution in [-0.4, -0.2) is 26.0 Å². The van der Waals surface area contributed by atoms with E-state index in [9.17, 15) is 13.2 Å². The Kier molecular flexibility index (Phi) is 5.06. The topological polar surface area (TPSA) is 83.5 Å². The Morgan fingerprint density at radius 2 is 2.00 bits per heavy atom. The van der Waals surface area contributed by atoms with Crippen LogP contribution in [0.3, 0.4) is 0 Å². The minimum Gasteiger partial charge on any atom is -0.478 e. The summed E-state index contributed by atoms with van der Waals surface area (Å²) >= 11 is 3.22. The van der Waals surface area contributed by atoms with Crippen LogP contribution in [-0.2, 0) is 10.0 Å². The van der Waals surface area contributed by atoms with E-state index in [-0.39, 0.29) is 10.5 Å². The Bertz CT molecular complexity index is 651. The molecular formula is C14H18BrNO4S. The summed E-state index contributed by atoms with van der Waals surface area (Å²) in [6.45, 7) is 2.05. The lowest BCUT2D eigenvalue weighted by Gasteiger charge is -2.13. The van der Waals surface area contributed by atoms with E-state index in [2.05, 4.69) is 20.7 Å². The van der Waals surface area contributed by atoms with Crippen LogP contribution in [0.25, 0.3) is 0 Å². The summed E-state index contributed by atoms with van der Waals surface area (Å²) in [5.41, 5.74) is 0.503. The molecule has 116 valence electrons.